The third-order valence-electron chi connectivity index (χ3n) is 5.04. The van der Waals surface area contributed by atoms with Crippen molar-refractivity contribution in [3.63, 3.8) is 0 Å². The molecule has 0 saturated heterocycles. The van der Waals surface area contributed by atoms with Crippen LogP contribution in [0.1, 0.15) is 47.3 Å². The number of aryl methyl sites for hydroxylation is 1. The lowest BCUT2D eigenvalue weighted by Crippen LogP contribution is -2.38. The Morgan fingerprint density at radius 1 is 1.06 bits per heavy atom. The van der Waals surface area contributed by atoms with Crippen LogP contribution in [0.2, 0.25) is 0 Å². The number of benzene rings is 2. The summed E-state index contributed by atoms with van der Waals surface area (Å²) in [6, 6.07) is 15.9. The summed E-state index contributed by atoms with van der Waals surface area (Å²) in [5.41, 5.74) is 3.83. The zero-order chi connectivity index (χ0) is 22.2. The van der Waals surface area contributed by atoms with Gasteiger partial charge in [-0.2, -0.15) is 0 Å². The summed E-state index contributed by atoms with van der Waals surface area (Å²) in [7, 11) is 0. The number of ether oxygens (including phenoxy) is 2. The van der Waals surface area contributed by atoms with Crippen molar-refractivity contribution in [3.05, 3.63) is 76.9 Å². The Balaban J connectivity index is 1.61. The molecule has 31 heavy (non-hydrogen) atoms. The lowest BCUT2D eigenvalue weighted by Gasteiger charge is -2.29. The molecule has 0 aromatic heterocycles. The third kappa shape index (κ3) is 6.54. The van der Waals surface area contributed by atoms with Gasteiger partial charge in [-0.15, -0.1) is 0 Å². The molecule has 6 heteroatoms. The van der Waals surface area contributed by atoms with Gasteiger partial charge < -0.3 is 14.4 Å². The lowest BCUT2D eigenvalue weighted by atomic mass is 9.96. The van der Waals surface area contributed by atoms with E-state index < -0.39 is 18.2 Å². The molecule has 0 spiro atoms. The highest BCUT2D eigenvalue weighted by atomic mass is 16.7. The van der Waals surface area contributed by atoms with Gasteiger partial charge >= 0.3 is 11.9 Å². The molecule has 2 aromatic carbocycles. The maximum absolute atomic E-state index is 12.9. The highest BCUT2D eigenvalue weighted by Crippen LogP contribution is 2.22. The molecule has 0 radical (unpaired) electrons. The highest BCUT2D eigenvalue weighted by Gasteiger charge is 2.23. The summed E-state index contributed by atoms with van der Waals surface area (Å²) >= 11 is 0. The number of hydrogen-bond donors (Lipinski definition) is 0. The minimum Gasteiger partial charge on any atom is -0.421 e. The maximum Gasteiger partial charge on any atom is 0.305 e. The number of carbonyl (C=O) groups is 3. The zero-order valence-electron chi connectivity index (χ0n) is 17.9. The molecule has 162 valence electrons. The normalized spacial score (nSPS) is 13.4. The molecule has 0 atom stereocenters. The standard InChI is InChI=1S/C25H27NO5/c1-18(27)30-24(31-19(2)28)13-11-21-10-12-23-22(17-21)14-16-26(25(23)29)15-6-9-20-7-4-3-5-8-20/h3-5,7-8,10-13,17,24H,6,9,14-16H2,1-2H3. The van der Waals surface area contributed by atoms with Gasteiger partial charge in [0.05, 0.1) is 0 Å². The molecule has 0 aliphatic carbocycles. The van der Waals surface area contributed by atoms with Gasteiger partial charge in [-0.1, -0.05) is 48.5 Å². The Bertz CT molecular complexity index is 951. The van der Waals surface area contributed by atoms with E-state index in [1.54, 1.807) is 6.08 Å². The summed E-state index contributed by atoms with van der Waals surface area (Å²) in [5, 5.41) is 0. The monoisotopic (exact) mass is 421 g/mol. The number of rotatable bonds is 8. The van der Waals surface area contributed by atoms with E-state index in [-0.39, 0.29) is 5.91 Å². The predicted octanol–water partition coefficient (Wildman–Crippen LogP) is 3.78. The Hall–Kier alpha value is -3.41. The Morgan fingerprint density at radius 2 is 1.77 bits per heavy atom. The first-order chi connectivity index (χ1) is 14.9. The van der Waals surface area contributed by atoms with Crippen LogP contribution >= 0.6 is 0 Å². The summed E-state index contributed by atoms with van der Waals surface area (Å²) < 4.78 is 9.93. The van der Waals surface area contributed by atoms with E-state index in [9.17, 15) is 14.4 Å². The number of esters is 2. The quantitative estimate of drug-likeness (QED) is 0.479. The van der Waals surface area contributed by atoms with Crippen molar-refractivity contribution in [1.29, 1.82) is 0 Å². The fourth-order valence-corrected chi connectivity index (χ4v) is 3.61. The number of carbonyl (C=O) groups excluding carboxylic acids is 3. The van der Waals surface area contributed by atoms with Gasteiger partial charge in [0, 0.05) is 32.5 Å². The van der Waals surface area contributed by atoms with Crippen LogP contribution in [0.15, 0.2) is 54.6 Å². The van der Waals surface area contributed by atoms with E-state index in [4.69, 9.17) is 9.47 Å². The van der Waals surface area contributed by atoms with Crippen LogP contribution in [0.3, 0.4) is 0 Å². The van der Waals surface area contributed by atoms with Gasteiger partial charge in [0.1, 0.15) is 0 Å². The van der Waals surface area contributed by atoms with Crippen LogP contribution in [-0.2, 0) is 31.9 Å². The number of nitrogens with zero attached hydrogens (tertiary/aromatic N) is 1. The van der Waals surface area contributed by atoms with Gasteiger partial charge in [0.15, 0.2) is 0 Å². The van der Waals surface area contributed by atoms with Crippen molar-refractivity contribution >= 4 is 23.9 Å². The molecule has 1 heterocycles. The van der Waals surface area contributed by atoms with Gasteiger partial charge in [-0.05, 0) is 48.1 Å². The van der Waals surface area contributed by atoms with Crippen molar-refractivity contribution in [2.75, 3.05) is 13.1 Å². The lowest BCUT2D eigenvalue weighted by molar-refractivity contribution is -0.176. The van der Waals surface area contributed by atoms with Crippen LogP contribution in [0, 0.1) is 0 Å². The van der Waals surface area contributed by atoms with Gasteiger partial charge in [-0.25, -0.2) is 0 Å². The third-order valence-corrected chi connectivity index (χ3v) is 5.04. The molecule has 6 nitrogen and oxygen atoms in total. The fraction of sp³-hybridized carbons (Fsp3) is 0.320. The molecule has 3 rings (SSSR count). The Kier molecular flexibility index (Phi) is 7.60. The molecular weight excluding hydrogens is 394 g/mol. The first-order valence-corrected chi connectivity index (χ1v) is 10.4. The van der Waals surface area contributed by atoms with E-state index in [0.717, 1.165) is 42.5 Å². The minimum atomic E-state index is -1.08. The van der Waals surface area contributed by atoms with E-state index in [1.165, 1.54) is 25.5 Å². The molecule has 0 fully saturated rings. The topological polar surface area (TPSA) is 72.9 Å². The Morgan fingerprint density at radius 3 is 2.45 bits per heavy atom. The summed E-state index contributed by atoms with van der Waals surface area (Å²) in [6.45, 7) is 3.93. The molecule has 0 bridgehead atoms. The minimum absolute atomic E-state index is 0.0579. The first-order valence-electron chi connectivity index (χ1n) is 10.4. The van der Waals surface area contributed by atoms with Crippen molar-refractivity contribution in [3.8, 4) is 0 Å². The highest BCUT2D eigenvalue weighted by molar-refractivity contribution is 5.97. The Labute approximate surface area is 182 Å². The van der Waals surface area contributed by atoms with Crippen LogP contribution in [-0.4, -0.2) is 42.1 Å². The van der Waals surface area contributed by atoms with Crippen molar-refractivity contribution in [2.24, 2.45) is 0 Å². The SMILES string of the molecule is CC(=O)OC(C=Cc1ccc2c(c1)CCN(CCCc1ccccc1)C2=O)OC(C)=O. The van der Waals surface area contributed by atoms with Crippen LogP contribution < -0.4 is 0 Å². The predicted molar refractivity (Wildman–Crippen MR) is 117 cm³/mol. The molecule has 1 amide bonds. The summed E-state index contributed by atoms with van der Waals surface area (Å²) in [6.07, 6.45) is 4.81. The molecule has 0 N–H and O–H groups in total. The molecule has 0 saturated carbocycles. The smallest absolute Gasteiger partial charge is 0.305 e. The second-order valence-electron chi connectivity index (χ2n) is 7.49. The van der Waals surface area contributed by atoms with Crippen molar-refractivity contribution in [2.45, 2.75) is 39.4 Å². The second kappa shape index (κ2) is 10.6. The molecule has 0 unspecified atom stereocenters. The van der Waals surface area contributed by atoms with Gasteiger partial charge in [0.2, 0.25) is 0 Å². The largest absolute Gasteiger partial charge is 0.421 e. The van der Waals surface area contributed by atoms with Gasteiger partial charge in [0.25, 0.3) is 12.2 Å². The molecule has 1 aliphatic rings. The van der Waals surface area contributed by atoms with Crippen molar-refractivity contribution < 1.29 is 23.9 Å². The zero-order valence-corrected chi connectivity index (χ0v) is 17.9. The average Bonchev–Trinajstić information content (AvgIpc) is 2.73. The maximum atomic E-state index is 12.9. The van der Waals surface area contributed by atoms with Gasteiger partial charge in [-0.3, -0.25) is 14.4 Å². The molecule has 1 aliphatic heterocycles. The number of hydrogen-bond acceptors (Lipinski definition) is 5. The fourth-order valence-electron chi connectivity index (χ4n) is 3.61. The van der Waals surface area contributed by atoms with Crippen LogP contribution in [0.4, 0.5) is 0 Å². The number of fused-ring (bicyclic) bond motifs is 1. The summed E-state index contributed by atoms with van der Waals surface area (Å²) in [4.78, 5) is 37.1. The number of amides is 1. The van der Waals surface area contributed by atoms with Crippen LogP contribution in [0.25, 0.3) is 6.08 Å². The molecular formula is C25H27NO5. The van der Waals surface area contributed by atoms with E-state index in [1.807, 2.05) is 41.3 Å². The van der Waals surface area contributed by atoms with Crippen LogP contribution in [0.5, 0.6) is 0 Å². The first kappa shape index (κ1) is 22.3. The summed E-state index contributed by atoms with van der Waals surface area (Å²) in [5.74, 6) is -1.03. The molecule has 2 aromatic rings. The van der Waals surface area contributed by atoms with Crippen molar-refractivity contribution in [1.82, 2.24) is 4.90 Å². The van der Waals surface area contributed by atoms with E-state index >= 15 is 0 Å². The van der Waals surface area contributed by atoms with E-state index in [2.05, 4.69) is 12.1 Å². The average molecular weight is 421 g/mol. The second-order valence-corrected chi connectivity index (χ2v) is 7.49. The van der Waals surface area contributed by atoms with E-state index in [0.29, 0.717) is 6.54 Å².